The molecule has 0 aromatic rings. The Morgan fingerprint density at radius 2 is 1.87 bits per heavy atom. The number of esters is 3. The molecule has 0 aromatic heterocycles. The van der Waals surface area contributed by atoms with Crippen LogP contribution in [0.15, 0.2) is 24.3 Å². The van der Waals surface area contributed by atoms with E-state index in [4.69, 9.17) is 18.9 Å². The molecule has 3 aliphatic rings. The number of ketones is 1. The topological polar surface area (TPSA) is 129 Å². The van der Waals surface area contributed by atoms with Crippen LogP contribution < -0.4 is 0 Å². The van der Waals surface area contributed by atoms with Crippen molar-refractivity contribution in [2.45, 2.75) is 70.2 Å². The monoisotopic (exact) mass is 422 g/mol. The molecule has 0 radical (unpaired) electrons. The molecule has 3 rings (SSSR count). The maximum absolute atomic E-state index is 13.0. The standard InChI is InChI=1S/C21H26O9/c1-8(2)19(24)30-15-13-10(4)20(25)28-12(13)7-9(3)14-16(29-14)17(23)21(6,26)18(15)27-11(5)22/h9,12-16,18,26H,1,4,7H2,2-3,5-6H3/t9-,12-,13+,14+,15+,16+,18-,21+/m1/s1. The summed E-state index contributed by atoms with van der Waals surface area (Å²) in [7, 11) is 0. The van der Waals surface area contributed by atoms with Crippen molar-refractivity contribution in [1.29, 1.82) is 0 Å². The second-order valence-corrected chi connectivity index (χ2v) is 8.42. The molecule has 0 aromatic carbocycles. The normalized spacial score (nSPS) is 40.6. The van der Waals surface area contributed by atoms with Crippen LogP contribution in [-0.4, -0.2) is 64.9 Å². The number of ether oxygens (including phenoxy) is 4. The summed E-state index contributed by atoms with van der Waals surface area (Å²) in [6.45, 7) is 12.8. The van der Waals surface area contributed by atoms with Gasteiger partial charge in [0, 0.05) is 18.1 Å². The summed E-state index contributed by atoms with van der Waals surface area (Å²) >= 11 is 0. The van der Waals surface area contributed by atoms with Crippen molar-refractivity contribution in [3.63, 3.8) is 0 Å². The van der Waals surface area contributed by atoms with Gasteiger partial charge in [-0.05, 0) is 26.2 Å². The fraction of sp³-hybridized carbons (Fsp3) is 0.619. The highest BCUT2D eigenvalue weighted by Crippen LogP contribution is 2.45. The van der Waals surface area contributed by atoms with Gasteiger partial charge >= 0.3 is 17.9 Å². The Labute approximate surface area is 174 Å². The van der Waals surface area contributed by atoms with Crippen molar-refractivity contribution in [1.82, 2.24) is 0 Å². The Morgan fingerprint density at radius 3 is 2.43 bits per heavy atom. The first-order chi connectivity index (χ1) is 13.9. The Hall–Kier alpha value is -2.52. The van der Waals surface area contributed by atoms with Gasteiger partial charge in [0.2, 0.25) is 0 Å². The van der Waals surface area contributed by atoms with E-state index in [1.807, 2.05) is 6.92 Å². The van der Waals surface area contributed by atoms with Gasteiger partial charge in [0.1, 0.15) is 12.2 Å². The minimum atomic E-state index is -2.27. The fourth-order valence-corrected chi connectivity index (χ4v) is 4.18. The molecule has 9 heteroatoms. The summed E-state index contributed by atoms with van der Waals surface area (Å²) in [5.74, 6) is -4.16. The minimum absolute atomic E-state index is 0.000884. The number of rotatable bonds is 3. The largest absolute Gasteiger partial charge is 0.458 e. The van der Waals surface area contributed by atoms with Crippen molar-refractivity contribution < 1.29 is 43.2 Å². The highest BCUT2D eigenvalue weighted by molar-refractivity contribution is 5.95. The van der Waals surface area contributed by atoms with Gasteiger partial charge in [-0.2, -0.15) is 0 Å². The van der Waals surface area contributed by atoms with Crippen LogP contribution in [0.1, 0.15) is 34.1 Å². The summed E-state index contributed by atoms with van der Waals surface area (Å²) in [4.78, 5) is 49.6. The Kier molecular flexibility index (Phi) is 5.64. The predicted molar refractivity (Wildman–Crippen MR) is 101 cm³/mol. The fourth-order valence-electron chi connectivity index (χ4n) is 4.18. The zero-order valence-corrected chi connectivity index (χ0v) is 17.4. The lowest BCUT2D eigenvalue weighted by atomic mass is 9.75. The highest BCUT2D eigenvalue weighted by atomic mass is 16.6. The van der Waals surface area contributed by atoms with Gasteiger partial charge in [-0.1, -0.05) is 20.1 Å². The molecule has 8 atom stereocenters. The number of carbonyl (C=O) groups is 4. The summed E-state index contributed by atoms with van der Waals surface area (Å²) in [5.41, 5.74) is -2.22. The summed E-state index contributed by atoms with van der Waals surface area (Å²) in [6.07, 6.45) is -4.87. The highest BCUT2D eigenvalue weighted by Gasteiger charge is 2.62. The van der Waals surface area contributed by atoms with Gasteiger partial charge in [0.15, 0.2) is 23.6 Å². The molecule has 1 aliphatic carbocycles. The third kappa shape index (κ3) is 3.79. The molecule has 30 heavy (non-hydrogen) atoms. The summed E-state index contributed by atoms with van der Waals surface area (Å²) < 4.78 is 21.8. The van der Waals surface area contributed by atoms with E-state index < -0.39 is 65.7 Å². The summed E-state index contributed by atoms with van der Waals surface area (Å²) in [5, 5.41) is 11.2. The average molecular weight is 422 g/mol. The maximum Gasteiger partial charge on any atom is 0.334 e. The van der Waals surface area contributed by atoms with E-state index in [1.54, 1.807) is 0 Å². The zero-order valence-electron chi connectivity index (χ0n) is 17.4. The van der Waals surface area contributed by atoms with Crippen LogP contribution in [0.5, 0.6) is 0 Å². The predicted octanol–water partition coefficient (Wildman–Crippen LogP) is 0.631. The Morgan fingerprint density at radius 1 is 1.23 bits per heavy atom. The van der Waals surface area contributed by atoms with Gasteiger partial charge in [-0.25, -0.2) is 9.59 Å². The van der Waals surface area contributed by atoms with Gasteiger partial charge in [-0.3, -0.25) is 9.59 Å². The van der Waals surface area contributed by atoms with Crippen molar-refractivity contribution in [3.8, 4) is 0 Å². The van der Waals surface area contributed by atoms with E-state index in [0.717, 1.165) is 6.92 Å². The molecule has 2 heterocycles. The lowest BCUT2D eigenvalue weighted by molar-refractivity contribution is -0.196. The van der Waals surface area contributed by atoms with Crippen molar-refractivity contribution >= 4 is 23.7 Å². The molecular formula is C21H26O9. The van der Waals surface area contributed by atoms with E-state index >= 15 is 0 Å². The maximum atomic E-state index is 13.0. The molecule has 164 valence electrons. The number of hydrogen-bond acceptors (Lipinski definition) is 9. The quantitative estimate of drug-likeness (QED) is 0.301. The number of hydrogen-bond donors (Lipinski definition) is 1. The second kappa shape index (κ2) is 7.63. The molecule has 2 aliphatic heterocycles. The number of aliphatic hydroxyl groups is 1. The molecule has 2 saturated heterocycles. The van der Waals surface area contributed by atoms with E-state index in [9.17, 15) is 24.3 Å². The molecule has 3 fully saturated rings. The first-order valence-electron chi connectivity index (χ1n) is 9.71. The minimum Gasteiger partial charge on any atom is -0.458 e. The Bertz CT molecular complexity index is 826. The van der Waals surface area contributed by atoms with E-state index in [0.29, 0.717) is 6.42 Å². The first kappa shape index (κ1) is 22.2. The van der Waals surface area contributed by atoms with Crippen LogP contribution in [0.3, 0.4) is 0 Å². The number of carbonyl (C=O) groups excluding carboxylic acids is 4. The lowest BCUT2D eigenvalue weighted by Gasteiger charge is -2.39. The molecule has 0 bridgehead atoms. The van der Waals surface area contributed by atoms with Crippen LogP contribution in [0.2, 0.25) is 0 Å². The number of Topliss-reactive ketones (excluding diaryl/α,β-unsaturated/α-hetero) is 1. The van der Waals surface area contributed by atoms with Crippen molar-refractivity contribution in [2.24, 2.45) is 11.8 Å². The van der Waals surface area contributed by atoms with Crippen LogP contribution >= 0.6 is 0 Å². The van der Waals surface area contributed by atoms with E-state index in [-0.39, 0.29) is 17.1 Å². The third-order valence-corrected chi connectivity index (χ3v) is 5.86. The van der Waals surface area contributed by atoms with Crippen molar-refractivity contribution in [2.75, 3.05) is 0 Å². The smallest absolute Gasteiger partial charge is 0.334 e. The second-order valence-electron chi connectivity index (χ2n) is 8.42. The van der Waals surface area contributed by atoms with Crippen molar-refractivity contribution in [3.05, 3.63) is 24.3 Å². The van der Waals surface area contributed by atoms with Crippen LogP contribution in [-0.2, 0) is 38.1 Å². The molecule has 1 saturated carbocycles. The molecule has 0 spiro atoms. The summed E-state index contributed by atoms with van der Waals surface area (Å²) in [6, 6.07) is 0. The first-order valence-corrected chi connectivity index (χ1v) is 9.71. The van der Waals surface area contributed by atoms with Gasteiger partial charge < -0.3 is 24.1 Å². The zero-order chi connectivity index (χ0) is 22.5. The SMILES string of the molecule is C=C(C)C(=O)O[C@H]1[C@H]2C(=C)C(=O)O[C@@H]2C[C@@H](C)[C@@H]2O[C@@H]2C(=O)[C@](C)(O)[C@@H]1OC(C)=O. The van der Waals surface area contributed by atoms with E-state index in [2.05, 4.69) is 13.2 Å². The molecule has 1 N–H and O–H groups in total. The molecule has 9 nitrogen and oxygen atoms in total. The molecular weight excluding hydrogens is 396 g/mol. The van der Waals surface area contributed by atoms with Crippen LogP contribution in [0, 0.1) is 11.8 Å². The number of fused-ring (bicyclic) bond motifs is 2. The van der Waals surface area contributed by atoms with Gasteiger partial charge in [0.25, 0.3) is 0 Å². The van der Waals surface area contributed by atoms with E-state index in [1.165, 1.54) is 13.8 Å². The number of epoxide rings is 1. The van der Waals surface area contributed by atoms with Gasteiger partial charge in [0.05, 0.1) is 12.0 Å². The van der Waals surface area contributed by atoms with Gasteiger partial charge in [-0.15, -0.1) is 0 Å². The van der Waals surface area contributed by atoms with Crippen LogP contribution in [0.25, 0.3) is 0 Å². The Balaban J connectivity index is 2.14. The average Bonchev–Trinajstić information content (AvgIpc) is 3.39. The van der Waals surface area contributed by atoms with Crippen LogP contribution in [0.4, 0.5) is 0 Å². The molecule has 0 amide bonds. The third-order valence-electron chi connectivity index (χ3n) is 5.86. The lowest BCUT2D eigenvalue weighted by Crippen LogP contribution is -2.60. The molecule has 0 unspecified atom stereocenters.